The summed E-state index contributed by atoms with van der Waals surface area (Å²) in [6, 6.07) is 4.42. The Bertz CT molecular complexity index is 404. The van der Waals surface area contributed by atoms with E-state index in [9.17, 15) is 0 Å². The van der Waals surface area contributed by atoms with Gasteiger partial charge < -0.3 is 15.1 Å². The largest absolute Gasteiger partial charge is 0.469 e. The van der Waals surface area contributed by atoms with Crippen LogP contribution in [0.1, 0.15) is 18.6 Å². The molecular weight excluding hydrogens is 341 g/mol. The van der Waals surface area contributed by atoms with Gasteiger partial charge in [-0.3, -0.25) is 4.99 Å². The Balaban J connectivity index is 0.00000162. The van der Waals surface area contributed by atoms with Crippen molar-refractivity contribution in [3.05, 3.63) is 24.2 Å². The van der Waals surface area contributed by atoms with Crippen molar-refractivity contribution in [3.8, 4) is 12.3 Å². The molecule has 0 aromatic carbocycles. The van der Waals surface area contributed by atoms with Gasteiger partial charge in [-0.1, -0.05) is 5.92 Å². The molecule has 1 fully saturated rings. The van der Waals surface area contributed by atoms with Gasteiger partial charge in [-0.05, 0) is 25.0 Å². The molecule has 0 unspecified atom stereocenters. The van der Waals surface area contributed by atoms with E-state index < -0.39 is 0 Å². The monoisotopic (exact) mass is 359 g/mol. The van der Waals surface area contributed by atoms with Crippen molar-refractivity contribution in [2.75, 3.05) is 13.1 Å². The van der Waals surface area contributed by atoms with Gasteiger partial charge in [-0.2, -0.15) is 0 Å². The van der Waals surface area contributed by atoms with Crippen LogP contribution in [0.5, 0.6) is 0 Å². The average Bonchev–Trinajstić information content (AvgIpc) is 2.99. The zero-order valence-corrected chi connectivity index (χ0v) is 12.5. The molecule has 18 heavy (non-hydrogen) atoms. The van der Waals surface area contributed by atoms with Gasteiger partial charge in [0.15, 0.2) is 5.96 Å². The summed E-state index contributed by atoms with van der Waals surface area (Å²) in [6.45, 7) is 1.19. The number of nitrogens with one attached hydrogen (secondary N) is 2. The average molecular weight is 359 g/mol. The van der Waals surface area contributed by atoms with Crippen LogP contribution in [-0.4, -0.2) is 25.1 Å². The molecule has 0 atom stereocenters. The van der Waals surface area contributed by atoms with Gasteiger partial charge in [-0.25, -0.2) is 0 Å². The van der Waals surface area contributed by atoms with E-state index in [1.165, 1.54) is 12.8 Å². The molecule has 1 aromatic rings. The molecule has 4 nitrogen and oxygen atoms in total. The lowest BCUT2D eigenvalue weighted by Crippen LogP contribution is -2.39. The normalized spacial score (nSPS) is 14.5. The molecule has 1 aliphatic rings. The lowest BCUT2D eigenvalue weighted by molar-refractivity contribution is 0.510. The lowest BCUT2D eigenvalue weighted by atomic mass is 10.3. The first-order valence-electron chi connectivity index (χ1n) is 5.89. The van der Waals surface area contributed by atoms with E-state index in [0.717, 1.165) is 18.1 Å². The molecule has 0 spiro atoms. The maximum absolute atomic E-state index is 5.25. The second-order valence-electron chi connectivity index (χ2n) is 4.04. The van der Waals surface area contributed by atoms with Crippen molar-refractivity contribution in [2.24, 2.45) is 4.99 Å². The summed E-state index contributed by atoms with van der Waals surface area (Å²) in [5, 5.41) is 6.41. The zero-order chi connectivity index (χ0) is 11.9. The summed E-state index contributed by atoms with van der Waals surface area (Å²) in [7, 11) is 0. The quantitative estimate of drug-likeness (QED) is 0.365. The summed E-state index contributed by atoms with van der Waals surface area (Å²) < 4.78 is 5.25. The summed E-state index contributed by atoms with van der Waals surface area (Å²) in [5.74, 6) is 4.30. The first-order valence-corrected chi connectivity index (χ1v) is 5.89. The predicted octanol–water partition coefficient (Wildman–Crippen LogP) is 1.77. The van der Waals surface area contributed by atoms with Crippen molar-refractivity contribution in [3.63, 3.8) is 0 Å². The Labute approximate surface area is 125 Å². The third-order valence-electron chi connectivity index (χ3n) is 2.48. The van der Waals surface area contributed by atoms with E-state index in [-0.39, 0.29) is 24.0 Å². The predicted molar refractivity (Wildman–Crippen MR) is 83.1 cm³/mol. The van der Waals surface area contributed by atoms with E-state index in [2.05, 4.69) is 21.5 Å². The maximum atomic E-state index is 5.25. The maximum Gasteiger partial charge on any atom is 0.192 e. The van der Waals surface area contributed by atoms with Gasteiger partial charge in [0.1, 0.15) is 5.76 Å². The van der Waals surface area contributed by atoms with Crippen LogP contribution in [0.3, 0.4) is 0 Å². The van der Waals surface area contributed by atoms with Gasteiger partial charge in [0.25, 0.3) is 0 Å². The van der Waals surface area contributed by atoms with Crippen molar-refractivity contribution in [2.45, 2.75) is 25.3 Å². The number of rotatable bonds is 5. The summed E-state index contributed by atoms with van der Waals surface area (Å²) in [6.07, 6.45) is 10.1. The SMILES string of the molecule is C#CCNC(=NCCc1ccco1)NC1CC1.I. The molecule has 98 valence electrons. The van der Waals surface area contributed by atoms with Crippen LogP contribution < -0.4 is 10.6 Å². The summed E-state index contributed by atoms with van der Waals surface area (Å²) >= 11 is 0. The fourth-order valence-corrected chi connectivity index (χ4v) is 1.44. The first-order chi connectivity index (χ1) is 8.38. The standard InChI is InChI=1S/C13H17N3O.HI/c1-2-8-14-13(16-11-5-6-11)15-9-7-12-4-3-10-17-12;/h1,3-4,10-11H,5-9H2,(H2,14,15,16);1H. The molecule has 0 aliphatic heterocycles. The summed E-state index contributed by atoms with van der Waals surface area (Å²) in [4.78, 5) is 4.46. The molecule has 1 heterocycles. The molecule has 0 amide bonds. The van der Waals surface area contributed by atoms with E-state index in [0.29, 0.717) is 19.1 Å². The van der Waals surface area contributed by atoms with E-state index >= 15 is 0 Å². The van der Waals surface area contributed by atoms with Gasteiger partial charge in [0.05, 0.1) is 12.8 Å². The fourth-order valence-electron chi connectivity index (χ4n) is 1.44. The van der Waals surface area contributed by atoms with Gasteiger partial charge in [-0.15, -0.1) is 30.4 Å². The number of terminal acetylenes is 1. The minimum absolute atomic E-state index is 0. The second-order valence-corrected chi connectivity index (χ2v) is 4.04. The highest BCUT2D eigenvalue weighted by atomic mass is 127. The molecule has 0 radical (unpaired) electrons. The highest BCUT2D eigenvalue weighted by Gasteiger charge is 2.22. The number of nitrogens with zero attached hydrogens (tertiary/aromatic N) is 1. The van der Waals surface area contributed by atoms with Crippen LogP contribution in [0.2, 0.25) is 0 Å². The number of aliphatic imine (C=N–C) groups is 1. The minimum Gasteiger partial charge on any atom is -0.469 e. The Morgan fingerprint density at radius 1 is 1.56 bits per heavy atom. The molecule has 1 aromatic heterocycles. The molecule has 2 rings (SSSR count). The fraction of sp³-hybridized carbons (Fsp3) is 0.462. The Kier molecular flexibility index (Phi) is 6.65. The Morgan fingerprint density at radius 2 is 2.39 bits per heavy atom. The highest BCUT2D eigenvalue weighted by Crippen LogP contribution is 2.18. The van der Waals surface area contributed by atoms with Gasteiger partial charge >= 0.3 is 0 Å². The van der Waals surface area contributed by atoms with Crippen LogP contribution in [0.25, 0.3) is 0 Å². The number of furan rings is 1. The molecule has 1 saturated carbocycles. The van der Waals surface area contributed by atoms with Crippen LogP contribution >= 0.6 is 24.0 Å². The van der Waals surface area contributed by atoms with Gasteiger partial charge in [0.2, 0.25) is 0 Å². The van der Waals surface area contributed by atoms with Crippen molar-refractivity contribution >= 4 is 29.9 Å². The first kappa shape index (κ1) is 14.9. The van der Waals surface area contributed by atoms with Crippen molar-refractivity contribution in [1.82, 2.24) is 10.6 Å². The third-order valence-corrected chi connectivity index (χ3v) is 2.48. The third kappa shape index (κ3) is 5.45. The molecule has 0 bridgehead atoms. The zero-order valence-electron chi connectivity index (χ0n) is 10.2. The topological polar surface area (TPSA) is 49.6 Å². The smallest absolute Gasteiger partial charge is 0.192 e. The number of hydrogen-bond donors (Lipinski definition) is 2. The lowest BCUT2D eigenvalue weighted by Gasteiger charge is -2.09. The van der Waals surface area contributed by atoms with Crippen molar-refractivity contribution in [1.29, 1.82) is 0 Å². The van der Waals surface area contributed by atoms with E-state index in [1.54, 1.807) is 6.26 Å². The van der Waals surface area contributed by atoms with Crippen molar-refractivity contribution < 1.29 is 4.42 Å². The Hall–Kier alpha value is -1.16. The van der Waals surface area contributed by atoms with Crippen LogP contribution in [0, 0.1) is 12.3 Å². The summed E-state index contributed by atoms with van der Waals surface area (Å²) in [5.41, 5.74) is 0. The molecule has 0 saturated heterocycles. The van der Waals surface area contributed by atoms with Crippen LogP contribution in [0.4, 0.5) is 0 Å². The molecular formula is C13H18IN3O. The number of hydrogen-bond acceptors (Lipinski definition) is 2. The number of halogens is 1. The van der Waals surface area contributed by atoms with Crippen LogP contribution in [-0.2, 0) is 6.42 Å². The van der Waals surface area contributed by atoms with E-state index in [1.807, 2.05) is 12.1 Å². The van der Waals surface area contributed by atoms with Gasteiger partial charge in [0, 0.05) is 19.0 Å². The second kappa shape index (κ2) is 8.03. The minimum atomic E-state index is 0. The van der Waals surface area contributed by atoms with E-state index in [4.69, 9.17) is 10.8 Å². The molecule has 5 heteroatoms. The molecule has 2 N–H and O–H groups in total. The number of guanidine groups is 1. The van der Waals surface area contributed by atoms with Crippen LogP contribution in [0.15, 0.2) is 27.8 Å². The highest BCUT2D eigenvalue weighted by molar-refractivity contribution is 14.0. The molecule has 1 aliphatic carbocycles. The Morgan fingerprint density at radius 3 is 3.00 bits per heavy atom.